The second kappa shape index (κ2) is 5.97. The van der Waals surface area contributed by atoms with Crippen LogP contribution in [0.25, 0.3) is 0 Å². The lowest BCUT2D eigenvalue weighted by molar-refractivity contribution is -0.119. The summed E-state index contributed by atoms with van der Waals surface area (Å²) in [7, 11) is 0. The lowest BCUT2D eigenvalue weighted by atomic mass is 10.0. The van der Waals surface area contributed by atoms with Crippen LogP contribution in [-0.4, -0.2) is 11.8 Å². The van der Waals surface area contributed by atoms with Gasteiger partial charge in [0.15, 0.2) is 5.78 Å². The van der Waals surface area contributed by atoms with Crippen LogP contribution in [0.1, 0.15) is 25.3 Å². The monoisotopic (exact) mass is 243 g/mol. The summed E-state index contributed by atoms with van der Waals surface area (Å²) in [5, 5.41) is 0.0135. The Morgan fingerprint density at radius 2 is 2.25 bits per heavy atom. The van der Waals surface area contributed by atoms with Gasteiger partial charge < -0.3 is 5.73 Å². The van der Waals surface area contributed by atoms with Crippen molar-refractivity contribution in [1.29, 1.82) is 0 Å². The van der Waals surface area contributed by atoms with E-state index in [1.165, 1.54) is 12.1 Å². The second-order valence-corrected chi connectivity index (χ2v) is 4.13. The van der Waals surface area contributed by atoms with E-state index in [0.717, 1.165) is 6.42 Å². The molecule has 0 spiro atoms. The smallest absolute Gasteiger partial charge is 0.153 e. The van der Waals surface area contributed by atoms with Gasteiger partial charge in [0, 0.05) is 6.42 Å². The zero-order valence-electron chi connectivity index (χ0n) is 9.17. The van der Waals surface area contributed by atoms with E-state index in [2.05, 4.69) is 0 Å². The summed E-state index contributed by atoms with van der Waals surface area (Å²) in [6.07, 6.45) is 1.59. The topological polar surface area (TPSA) is 43.1 Å². The Hall–Kier alpha value is -0.930. The molecule has 1 unspecified atom stereocenters. The summed E-state index contributed by atoms with van der Waals surface area (Å²) in [6.45, 7) is 1.96. The number of hydrogen-bond donors (Lipinski definition) is 1. The normalized spacial score (nSPS) is 12.5. The number of rotatable bonds is 5. The predicted molar refractivity (Wildman–Crippen MR) is 63.0 cm³/mol. The van der Waals surface area contributed by atoms with Crippen molar-refractivity contribution < 1.29 is 9.18 Å². The Bertz CT molecular complexity index is 381. The van der Waals surface area contributed by atoms with Crippen molar-refractivity contribution >= 4 is 17.4 Å². The lowest BCUT2D eigenvalue weighted by Gasteiger charge is -2.10. The van der Waals surface area contributed by atoms with E-state index in [1.54, 1.807) is 6.07 Å². The van der Waals surface area contributed by atoms with E-state index >= 15 is 0 Å². The molecule has 0 aromatic heterocycles. The quantitative estimate of drug-likeness (QED) is 0.864. The van der Waals surface area contributed by atoms with Crippen LogP contribution in [0.2, 0.25) is 5.02 Å². The first-order valence-corrected chi connectivity index (χ1v) is 5.65. The Labute approximate surface area is 99.6 Å². The number of Topliss-reactive ketones (excluding diaryl/α,β-unsaturated/α-hetero) is 1. The minimum Gasteiger partial charge on any atom is -0.321 e. The Morgan fingerprint density at radius 1 is 1.56 bits per heavy atom. The molecule has 0 saturated heterocycles. The minimum absolute atomic E-state index is 0.0135. The van der Waals surface area contributed by atoms with Gasteiger partial charge in [0.25, 0.3) is 0 Å². The number of hydrogen-bond acceptors (Lipinski definition) is 2. The predicted octanol–water partition coefficient (Wildman–Crippen LogP) is 2.72. The third-order valence-electron chi connectivity index (χ3n) is 2.41. The number of halogens is 2. The van der Waals surface area contributed by atoms with Gasteiger partial charge >= 0.3 is 0 Å². The second-order valence-electron chi connectivity index (χ2n) is 3.75. The minimum atomic E-state index is -0.504. The molecule has 2 N–H and O–H groups in total. The third-order valence-corrected chi connectivity index (χ3v) is 2.83. The first kappa shape index (κ1) is 13.1. The Morgan fingerprint density at radius 3 is 2.88 bits per heavy atom. The van der Waals surface area contributed by atoms with Crippen molar-refractivity contribution in [3.05, 3.63) is 34.6 Å². The van der Waals surface area contributed by atoms with E-state index < -0.39 is 11.9 Å². The molecule has 0 aliphatic heterocycles. The molecule has 4 heteroatoms. The van der Waals surface area contributed by atoms with Crippen LogP contribution < -0.4 is 5.73 Å². The number of ketones is 1. The van der Waals surface area contributed by atoms with Gasteiger partial charge in [0.2, 0.25) is 0 Å². The highest BCUT2D eigenvalue weighted by Crippen LogP contribution is 2.20. The summed E-state index contributed by atoms with van der Waals surface area (Å²) < 4.78 is 13.1. The average Bonchev–Trinajstić information content (AvgIpc) is 2.25. The van der Waals surface area contributed by atoms with Crippen LogP contribution >= 0.6 is 11.6 Å². The highest BCUT2D eigenvalue weighted by molar-refractivity contribution is 6.31. The summed E-state index contributed by atoms with van der Waals surface area (Å²) in [6, 6.07) is 3.96. The number of benzene rings is 1. The SMILES string of the molecule is CCCC(N)C(=O)Cc1cccc(F)c1Cl. The molecule has 2 nitrogen and oxygen atoms in total. The van der Waals surface area contributed by atoms with Crippen LogP contribution in [0.3, 0.4) is 0 Å². The van der Waals surface area contributed by atoms with Gasteiger partial charge in [-0.3, -0.25) is 4.79 Å². The molecular formula is C12H15ClFNO. The van der Waals surface area contributed by atoms with Gasteiger partial charge in [0.05, 0.1) is 11.1 Å². The van der Waals surface area contributed by atoms with Crippen molar-refractivity contribution in [2.24, 2.45) is 5.73 Å². The van der Waals surface area contributed by atoms with E-state index in [4.69, 9.17) is 17.3 Å². The van der Waals surface area contributed by atoms with Crippen molar-refractivity contribution in [3.8, 4) is 0 Å². The maximum atomic E-state index is 13.1. The summed E-state index contributed by atoms with van der Waals surface area (Å²) in [5.41, 5.74) is 6.18. The molecule has 1 aromatic rings. The standard InChI is InChI=1S/C12H15ClFNO/c1-2-4-10(15)11(16)7-8-5-3-6-9(14)12(8)13/h3,5-6,10H,2,4,7,15H2,1H3. The number of carbonyl (C=O) groups is 1. The van der Waals surface area contributed by atoms with Crippen LogP contribution in [0.4, 0.5) is 4.39 Å². The highest BCUT2D eigenvalue weighted by Gasteiger charge is 2.15. The van der Waals surface area contributed by atoms with Gasteiger partial charge in [0.1, 0.15) is 5.82 Å². The maximum Gasteiger partial charge on any atom is 0.153 e. The molecule has 0 heterocycles. The van der Waals surface area contributed by atoms with Crippen molar-refractivity contribution in [2.45, 2.75) is 32.2 Å². The molecule has 0 radical (unpaired) electrons. The third kappa shape index (κ3) is 3.29. The van der Waals surface area contributed by atoms with Gasteiger partial charge in [-0.25, -0.2) is 4.39 Å². The summed E-state index contributed by atoms with van der Waals surface area (Å²) in [5.74, 6) is -0.606. The van der Waals surface area contributed by atoms with Gasteiger partial charge in [-0.15, -0.1) is 0 Å². The zero-order valence-corrected chi connectivity index (χ0v) is 9.93. The van der Waals surface area contributed by atoms with Crippen LogP contribution in [0.5, 0.6) is 0 Å². The fourth-order valence-electron chi connectivity index (χ4n) is 1.48. The van der Waals surface area contributed by atoms with E-state index in [-0.39, 0.29) is 17.2 Å². The van der Waals surface area contributed by atoms with Crippen LogP contribution in [-0.2, 0) is 11.2 Å². The van der Waals surface area contributed by atoms with Crippen LogP contribution in [0, 0.1) is 5.82 Å². The van der Waals surface area contributed by atoms with Gasteiger partial charge in [-0.1, -0.05) is 37.1 Å². The molecule has 0 aliphatic rings. The maximum absolute atomic E-state index is 13.1. The summed E-state index contributed by atoms with van der Waals surface area (Å²) in [4.78, 5) is 11.7. The largest absolute Gasteiger partial charge is 0.321 e. The molecule has 1 aromatic carbocycles. The Balaban J connectivity index is 2.73. The molecule has 0 fully saturated rings. The average molecular weight is 244 g/mol. The van der Waals surface area contributed by atoms with E-state index in [0.29, 0.717) is 12.0 Å². The van der Waals surface area contributed by atoms with E-state index in [9.17, 15) is 9.18 Å². The molecular weight excluding hydrogens is 229 g/mol. The molecule has 1 rings (SSSR count). The van der Waals surface area contributed by atoms with Crippen molar-refractivity contribution in [3.63, 3.8) is 0 Å². The van der Waals surface area contributed by atoms with Gasteiger partial charge in [-0.2, -0.15) is 0 Å². The molecule has 16 heavy (non-hydrogen) atoms. The van der Waals surface area contributed by atoms with Gasteiger partial charge in [-0.05, 0) is 18.1 Å². The molecule has 0 amide bonds. The van der Waals surface area contributed by atoms with Crippen molar-refractivity contribution in [2.75, 3.05) is 0 Å². The van der Waals surface area contributed by atoms with Crippen LogP contribution in [0.15, 0.2) is 18.2 Å². The van der Waals surface area contributed by atoms with E-state index in [1.807, 2.05) is 6.92 Å². The molecule has 0 saturated carbocycles. The Kier molecular flexibility index (Phi) is 4.90. The first-order valence-electron chi connectivity index (χ1n) is 5.27. The lowest BCUT2D eigenvalue weighted by Crippen LogP contribution is -2.31. The summed E-state index contributed by atoms with van der Waals surface area (Å²) >= 11 is 5.75. The number of carbonyl (C=O) groups excluding carboxylic acids is 1. The fourth-order valence-corrected chi connectivity index (χ4v) is 1.67. The number of nitrogens with two attached hydrogens (primary N) is 1. The molecule has 1 atom stereocenters. The zero-order chi connectivity index (χ0) is 12.1. The fraction of sp³-hybridized carbons (Fsp3) is 0.417. The van der Waals surface area contributed by atoms with Crippen molar-refractivity contribution in [1.82, 2.24) is 0 Å². The molecule has 0 bridgehead atoms. The first-order chi connectivity index (χ1) is 7.56. The highest BCUT2D eigenvalue weighted by atomic mass is 35.5. The molecule has 88 valence electrons. The molecule has 0 aliphatic carbocycles.